The van der Waals surface area contributed by atoms with Gasteiger partial charge in [-0.05, 0) is 45.0 Å². The highest BCUT2D eigenvalue weighted by Gasteiger charge is 2.23. The Bertz CT molecular complexity index is 1210. The highest BCUT2D eigenvalue weighted by molar-refractivity contribution is 5.72. The summed E-state index contributed by atoms with van der Waals surface area (Å²) in [6, 6.07) is 13.1. The summed E-state index contributed by atoms with van der Waals surface area (Å²) in [4.78, 5) is 18.5. The van der Waals surface area contributed by atoms with Crippen LogP contribution in [0.15, 0.2) is 40.9 Å². The maximum Gasteiger partial charge on any atom is 0.320 e. The maximum absolute atomic E-state index is 11.9. The molecule has 1 aromatic heterocycles. The number of hydrogen-bond donors (Lipinski definition) is 0. The van der Waals surface area contributed by atoms with E-state index in [4.69, 9.17) is 18.7 Å². The second kappa shape index (κ2) is 10.4. The Kier molecular flexibility index (Phi) is 7.09. The van der Waals surface area contributed by atoms with Gasteiger partial charge >= 0.3 is 5.97 Å². The Morgan fingerprint density at radius 3 is 2.91 bits per heavy atom. The van der Waals surface area contributed by atoms with Crippen molar-refractivity contribution in [2.75, 3.05) is 26.3 Å². The molecule has 2 heterocycles. The van der Waals surface area contributed by atoms with Crippen LogP contribution in [0.5, 0.6) is 11.5 Å². The molecule has 9 heteroatoms. The number of para-hydroxylation sites is 1. The van der Waals surface area contributed by atoms with Gasteiger partial charge in [0.2, 0.25) is 5.82 Å². The highest BCUT2D eigenvalue weighted by atomic mass is 16.5. The molecule has 0 radical (unpaired) electrons. The van der Waals surface area contributed by atoms with E-state index in [2.05, 4.69) is 16.2 Å². The summed E-state index contributed by atoms with van der Waals surface area (Å²) >= 11 is 0. The van der Waals surface area contributed by atoms with Crippen molar-refractivity contribution >= 4 is 5.97 Å². The summed E-state index contributed by atoms with van der Waals surface area (Å²) < 4.78 is 22.3. The molecule has 0 N–H and O–H groups in total. The average molecular weight is 463 g/mol. The van der Waals surface area contributed by atoms with Crippen LogP contribution in [0.1, 0.15) is 31.9 Å². The lowest BCUT2D eigenvalue weighted by atomic mass is 10.1. The molecule has 1 aliphatic rings. The first-order chi connectivity index (χ1) is 16.5. The molecule has 0 atom stereocenters. The lowest BCUT2D eigenvalue weighted by Crippen LogP contribution is -2.32. The van der Waals surface area contributed by atoms with E-state index >= 15 is 0 Å². The summed E-state index contributed by atoms with van der Waals surface area (Å²) in [6.07, 6.45) is -0.0467. The van der Waals surface area contributed by atoms with Crippen molar-refractivity contribution in [1.29, 1.82) is 5.26 Å². The molecule has 176 valence electrons. The van der Waals surface area contributed by atoms with Gasteiger partial charge < -0.3 is 18.7 Å². The fraction of sp³-hybridized carbons (Fsp3) is 0.360. The van der Waals surface area contributed by atoms with Crippen molar-refractivity contribution in [3.63, 3.8) is 0 Å². The molecule has 0 saturated heterocycles. The third-order valence-corrected chi connectivity index (χ3v) is 5.18. The Balaban J connectivity index is 1.59. The van der Waals surface area contributed by atoms with Crippen LogP contribution in [0.4, 0.5) is 0 Å². The van der Waals surface area contributed by atoms with Crippen molar-refractivity contribution < 1.29 is 23.5 Å². The van der Waals surface area contributed by atoms with Gasteiger partial charge in [0, 0.05) is 24.2 Å². The van der Waals surface area contributed by atoms with Crippen LogP contribution in [0, 0.1) is 11.3 Å². The standard InChI is InChI=1S/C25H26N4O5/c1-4-31-22(30)15-29-10-11-32-23-18(14-29)6-5-7-20(23)24-27-25(34-28-24)17-8-9-21(33-16(2)3)19(12-17)13-26/h5-9,12,16H,4,10-11,14-15H2,1-3H3. The topological polar surface area (TPSA) is 111 Å². The molecule has 34 heavy (non-hydrogen) atoms. The van der Waals surface area contributed by atoms with Crippen LogP contribution in [-0.2, 0) is 16.1 Å². The summed E-state index contributed by atoms with van der Waals surface area (Å²) in [6.45, 7) is 7.69. The van der Waals surface area contributed by atoms with E-state index < -0.39 is 0 Å². The lowest BCUT2D eigenvalue weighted by Gasteiger charge is -2.17. The van der Waals surface area contributed by atoms with Gasteiger partial charge in [-0.3, -0.25) is 9.69 Å². The van der Waals surface area contributed by atoms with Crippen LogP contribution in [0.25, 0.3) is 22.8 Å². The van der Waals surface area contributed by atoms with E-state index in [1.807, 2.05) is 36.9 Å². The molecule has 0 spiro atoms. The predicted octanol–water partition coefficient (Wildman–Crippen LogP) is 3.82. The average Bonchev–Trinajstić information content (AvgIpc) is 3.20. The minimum Gasteiger partial charge on any atom is -0.491 e. The van der Waals surface area contributed by atoms with Gasteiger partial charge in [0.1, 0.15) is 24.2 Å². The number of nitriles is 1. The summed E-state index contributed by atoms with van der Waals surface area (Å²) in [7, 11) is 0. The van der Waals surface area contributed by atoms with Gasteiger partial charge in [-0.25, -0.2) is 0 Å². The molecule has 1 aliphatic heterocycles. The summed E-state index contributed by atoms with van der Waals surface area (Å²) in [5, 5.41) is 13.7. The number of hydrogen-bond acceptors (Lipinski definition) is 9. The van der Waals surface area contributed by atoms with Crippen molar-refractivity contribution in [2.45, 2.75) is 33.4 Å². The first kappa shape index (κ1) is 23.3. The lowest BCUT2D eigenvalue weighted by molar-refractivity contribution is -0.144. The number of ether oxygens (including phenoxy) is 3. The van der Waals surface area contributed by atoms with E-state index in [9.17, 15) is 10.1 Å². The molecule has 0 aliphatic carbocycles. The van der Waals surface area contributed by atoms with Crippen molar-refractivity contribution in [2.24, 2.45) is 0 Å². The van der Waals surface area contributed by atoms with E-state index in [1.165, 1.54) is 0 Å². The van der Waals surface area contributed by atoms with Gasteiger partial charge in [-0.1, -0.05) is 17.3 Å². The number of rotatable bonds is 7. The first-order valence-corrected chi connectivity index (χ1v) is 11.2. The largest absolute Gasteiger partial charge is 0.491 e. The Labute approximate surface area is 197 Å². The van der Waals surface area contributed by atoms with Crippen LogP contribution in [-0.4, -0.2) is 53.4 Å². The molecule has 4 rings (SSSR count). The molecule has 9 nitrogen and oxygen atoms in total. The zero-order valence-corrected chi connectivity index (χ0v) is 19.4. The molecule has 2 aromatic carbocycles. The van der Waals surface area contributed by atoms with E-state index in [-0.39, 0.29) is 24.5 Å². The smallest absolute Gasteiger partial charge is 0.320 e. The molecule has 0 amide bonds. The zero-order chi connectivity index (χ0) is 24.1. The number of benzene rings is 2. The fourth-order valence-electron chi connectivity index (χ4n) is 3.73. The van der Waals surface area contributed by atoms with Crippen molar-refractivity contribution in [3.8, 4) is 40.4 Å². The summed E-state index contributed by atoms with van der Waals surface area (Å²) in [5.74, 6) is 1.59. The van der Waals surface area contributed by atoms with Gasteiger partial charge in [0.25, 0.3) is 5.89 Å². The van der Waals surface area contributed by atoms with E-state index in [0.29, 0.717) is 60.3 Å². The van der Waals surface area contributed by atoms with Crippen molar-refractivity contribution in [3.05, 3.63) is 47.5 Å². The SMILES string of the molecule is CCOC(=O)CN1CCOc2c(cccc2-c2noc(-c3ccc(OC(C)C)c(C#N)c3)n2)C1. The minimum atomic E-state index is -0.258. The van der Waals surface area contributed by atoms with Gasteiger partial charge in [-0.2, -0.15) is 10.2 Å². The number of carbonyl (C=O) groups is 1. The van der Waals surface area contributed by atoms with Gasteiger partial charge in [0.15, 0.2) is 0 Å². The normalized spacial score (nSPS) is 13.5. The number of aromatic nitrogens is 2. The third kappa shape index (κ3) is 5.18. The molecule has 0 fully saturated rings. The molecule has 0 bridgehead atoms. The molecular formula is C25H26N4O5. The van der Waals surface area contributed by atoms with Crippen molar-refractivity contribution in [1.82, 2.24) is 15.0 Å². The number of nitrogens with zero attached hydrogens (tertiary/aromatic N) is 4. The van der Waals surface area contributed by atoms with Gasteiger partial charge in [0.05, 0.1) is 30.4 Å². The molecule has 0 saturated carbocycles. The molecular weight excluding hydrogens is 436 g/mol. The second-order valence-electron chi connectivity index (χ2n) is 8.07. The van der Waals surface area contributed by atoms with Crippen LogP contribution in [0.3, 0.4) is 0 Å². The number of fused-ring (bicyclic) bond motifs is 1. The van der Waals surface area contributed by atoms with E-state index in [1.54, 1.807) is 25.1 Å². The maximum atomic E-state index is 11.9. The van der Waals surface area contributed by atoms with Crippen LogP contribution < -0.4 is 9.47 Å². The Morgan fingerprint density at radius 1 is 1.29 bits per heavy atom. The summed E-state index contributed by atoms with van der Waals surface area (Å²) in [5.41, 5.74) is 2.64. The zero-order valence-electron chi connectivity index (χ0n) is 19.4. The van der Waals surface area contributed by atoms with Gasteiger partial charge in [-0.15, -0.1) is 0 Å². The Morgan fingerprint density at radius 2 is 2.15 bits per heavy atom. The number of esters is 1. The predicted molar refractivity (Wildman–Crippen MR) is 123 cm³/mol. The van der Waals surface area contributed by atoms with Crippen LogP contribution >= 0.6 is 0 Å². The quantitative estimate of drug-likeness (QED) is 0.484. The molecule has 3 aromatic rings. The highest BCUT2D eigenvalue weighted by Crippen LogP contribution is 2.35. The third-order valence-electron chi connectivity index (χ3n) is 5.18. The minimum absolute atomic E-state index is 0.0467. The number of carbonyl (C=O) groups excluding carboxylic acids is 1. The molecule has 0 unspecified atom stereocenters. The second-order valence-corrected chi connectivity index (χ2v) is 8.07. The Hall–Kier alpha value is -3.90. The van der Waals surface area contributed by atoms with Crippen LogP contribution in [0.2, 0.25) is 0 Å². The monoisotopic (exact) mass is 462 g/mol. The van der Waals surface area contributed by atoms with E-state index in [0.717, 1.165) is 5.56 Å². The first-order valence-electron chi connectivity index (χ1n) is 11.2. The fourth-order valence-corrected chi connectivity index (χ4v) is 3.73.